The Hall–Kier alpha value is -1.44. The van der Waals surface area contributed by atoms with Crippen molar-refractivity contribution in [3.8, 4) is 11.5 Å². The highest BCUT2D eigenvalue weighted by atomic mass is 16.3. The van der Waals surface area contributed by atoms with Crippen LogP contribution in [-0.2, 0) is 0 Å². The summed E-state index contributed by atoms with van der Waals surface area (Å²) < 4.78 is 0. The van der Waals surface area contributed by atoms with E-state index in [4.69, 9.17) is 0 Å². The van der Waals surface area contributed by atoms with Gasteiger partial charge in [0.2, 0.25) is 0 Å². The minimum atomic E-state index is 0.102. The number of rotatable bonds is 7. The Labute approximate surface area is 160 Å². The SMILES string of the molecule is CCCCC(C)C(C)c1cc(O)c([C@@H]2C=C(C)CC[C@H]2C(C)C)c(O)c1. The molecule has 0 saturated heterocycles. The first-order valence-electron chi connectivity index (χ1n) is 10.5. The zero-order valence-electron chi connectivity index (χ0n) is 17.5. The lowest BCUT2D eigenvalue weighted by Crippen LogP contribution is -2.21. The maximum absolute atomic E-state index is 10.8. The van der Waals surface area contributed by atoms with Crippen molar-refractivity contribution in [1.82, 2.24) is 0 Å². The van der Waals surface area contributed by atoms with E-state index in [0.29, 0.717) is 23.7 Å². The molecule has 0 fully saturated rings. The van der Waals surface area contributed by atoms with E-state index in [1.165, 1.54) is 24.8 Å². The predicted molar refractivity (Wildman–Crippen MR) is 111 cm³/mol. The molecule has 2 nitrogen and oxygen atoms in total. The summed E-state index contributed by atoms with van der Waals surface area (Å²) >= 11 is 0. The summed E-state index contributed by atoms with van der Waals surface area (Å²) in [5.74, 6) is 2.48. The first-order chi connectivity index (χ1) is 12.3. The van der Waals surface area contributed by atoms with Crippen molar-refractivity contribution in [3.05, 3.63) is 34.9 Å². The van der Waals surface area contributed by atoms with Gasteiger partial charge >= 0.3 is 0 Å². The number of allylic oxidation sites excluding steroid dienone is 2. The molecule has 4 atom stereocenters. The Morgan fingerprint density at radius 2 is 1.69 bits per heavy atom. The molecule has 2 unspecified atom stereocenters. The molecule has 1 aliphatic rings. The molecule has 0 amide bonds. The van der Waals surface area contributed by atoms with Crippen molar-refractivity contribution in [1.29, 1.82) is 0 Å². The van der Waals surface area contributed by atoms with Gasteiger partial charge in [-0.2, -0.15) is 0 Å². The average molecular weight is 359 g/mol. The van der Waals surface area contributed by atoms with E-state index in [0.717, 1.165) is 24.0 Å². The predicted octanol–water partition coefficient (Wildman–Crippen LogP) is 7.12. The van der Waals surface area contributed by atoms with Crippen LogP contribution in [0.1, 0.15) is 96.6 Å². The molecule has 0 aromatic heterocycles. The zero-order chi connectivity index (χ0) is 19.4. The molecule has 2 rings (SSSR count). The van der Waals surface area contributed by atoms with Crippen molar-refractivity contribution in [2.45, 2.75) is 85.5 Å². The highest BCUT2D eigenvalue weighted by molar-refractivity contribution is 5.51. The maximum Gasteiger partial charge on any atom is 0.123 e. The van der Waals surface area contributed by atoms with Gasteiger partial charge in [0.25, 0.3) is 0 Å². The van der Waals surface area contributed by atoms with Crippen LogP contribution < -0.4 is 0 Å². The van der Waals surface area contributed by atoms with Crippen molar-refractivity contribution in [2.75, 3.05) is 0 Å². The largest absolute Gasteiger partial charge is 0.507 e. The molecular formula is C24H38O2. The fraction of sp³-hybridized carbons (Fsp3) is 0.667. The molecule has 0 radical (unpaired) electrons. The number of aromatic hydroxyl groups is 2. The maximum atomic E-state index is 10.8. The molecule has 1 aromatic rings. The normalized spacial score (nSPS) is 23.0. The van der Waals surface area contributed by atoms with Crippen molar-refractivity contribution in [2.24, 2.45) is 17.8 Å². The Bertz CT molecular complexity index is 606. The lowest BCUT2D eigenvalue weighted by Gasteiger charge is -2.34. The van der Waals surface area contributed by atoms with Crippen LogP contribution in [0.4, 0.5) is 0 Å². The van der Waals surface area contributed by atoms with E-state index < -0.39 is 0 Å². The van der Waals surface area contributed by atoms with Gasteiger partial charge in [0.05, 0.1) is 0 Å². The Balaban J connectivity index is 2.35. The monoisotopic (exact) mass is 358 g/mol. The fourth-order valence-electron chi connectivity index (χ4n) is 4.49. The molecule has 1 aliphatic carbocycles. The lowest BCUT2D eigenvalue weighted by molar-refractivity contribution is 0.303. The summed E-state index contributed by atoms with van der Waals surface area (Å²) in [6.45, 7) is 13.3. The second-order valence-electron chi connectivity index (χ2n) is 8.87. The van der Waals surface area contributed by atoms with E-state index in [2.05, 4.69) is 47.6 Å². The van der Waals surface area contributed by atoms with Crippen molar-refractivity contribution in [3.63, 3.8) is 0 Å². The van der Waals surface area contributed by atoms with Gasteiger partial charge in [-0.25, -0.2) is 0 Å². The molecule has 0 spiro atoms. The van der Waals surface area contributed by atoms with Gasteiger partial charge in [-0.05, 0) is 61.1 Å². The summed E-state index contributed by atoms with van der Waals surface area (Å²) in [7, 11) is 0. The van der Waals surface area contributed by atoms with Crippen LogP contribution in [0.25, 0.3) is 0 Å². The van der Waals surface area contributed by atoms with Crippen molar-refractivity contribution >= 4 is 0 Å². The summed E-state index contributed by atoms with van der Waals surface area (Å²) in [6.07, 6.45) is 8.11. The quantitative estimate of drug-likeness (QED) is 0.509. The van der Waals surface area contributed by atoms with Crippen molar-refractivity contribution < 1.29 is 10.2 Å². The van der Waals surface area contributed by atoms with E-state index in [1.54, 1.807) is 0 Å². The third-order valence-corrected chi connectivity index (χ3v) is 6.54. The third-order valence-electron chi connectivity index (χ3n) is 6.54. The number of phenols is 2. The van der Waals surface area contributed by atoms with E-state index >= 15 is 0 Å². The molecule has 0 bridgehead atoms. The standard InChI is InChI=1S/C24H38O2/c1-7-8-9-17(5)18(6)19-13-22(25)24(23(26)14-19)21-12-16(4)10-11-20(21)15(2)3/h12-15,17-18,20-21,25-26H,7-11H2,1-6H3/t17?,18?,20-,21+/m0/s1. The first kappa shape index (κ1) is 20.9. The molecule has 0 aliphatic heterocycles. The summed E-state index contributed by atoms with van der Waals surface area (Å²) in [5.41, 5.74) is 3.13. The first-order valence-corrected chi connectivity index (χ1v) is 10.5. The number of unbranched alkanes of at least 4 members (excludes halogenated alkanes) is 1. The molecule has 26 heavy (non-hydrogen) atoms. The zero-order valence-corrected chi connectivity index (χ0v) is 17.5. The Morgan fingerprint density at radius 3 is 2.23 bits per heavy atom. The Kier molecular flexibility index (Phi) is 7.20. The minimum Gasteiger partial charge on any atom is -0.507 e. The van der Waals surface area contributed by atoms with Gasteiger partial charge in [-0.15, -0.1) is 0 Å². The van der Waals surface area contributed by atoms with Gasteiger partial charge in [-0.1, -0.05) is 65.5 Å². The van der Waals surface area contributed by atoms with E-state index in [-0.39, 0.29) is 17.4 Å². The topological polar surface area (TPSA) is 40.5 Å². The Morgan fingerprint density at radius 1 is 1.08 bits per heavy atom. The smallest absolute Gasteiger partial charge is 0.123 e. The number of hydrogen-bond acceptors (Lipinski definition) is 2. The number of phenolic OH excluding ortho intramolecular Hbond substituents is 2. The summed E-state index contributed by atoms with van der Waals surface area (Å²) in [5, 5.41) is 21.7. The van der Waals surface area contributed by atoms with Crippen LogP contribution >= 0.6 is 0 Å². The molecular weight excluding hydrogens is 320 g/mol. The highest BCUT2D eigenvalue weighted by Crippen LogP contribution is 2.47. The molecule has 146 valence electrons. The molecule has 2 heteroatoms. The number of benzene rings is 1. The van der Waals surface area contributed by atoms with E-state index in [1.807, 2.05) is 12.1 Å². The lowest BCUT2D eigenvalue weighted by atomic mass is 9.71. The third kappa shape index (κ3) is 4.64. The van der Waals surface area contributed by atoms with Crippen LogP contribution in [0.5, 0.6) is 11.5 Å². The highest BCUT2D eigenvalue weighted by Gasteiger charge is 2.32. The van der Waals surface area contributed by atoms with Gasteiger partial charge in [0, 0.05) is 11.5 Å². The van der Waals surface area contributed by atoms with Crippen LogP contribution in [0.15, 0.2) is 23.8 Å². The summed E-state index contributed by atoms with van der Waals surface area (Å²) in [6, 6.07) is 3.80. The van der Waals surface area contributed by atoms with Crippen LogP contribution in [0, 0.1) is 17.8 Å². The van der Waals surface area contributed by atoms with Crippen LogP contribution in [0.3, 0.4) is 0 Å². The van der Waals surface area contributed by atoms with Gasteiger partial charge < -0.3 is 10.2 Å². The molecule has 1 aromatic carbocycles. The second kappa shape index (κ2) is 8.97. The van der Waals surface area contributed by atoms with Crippen LogP contribution in [0.2, 0.25) is 0 Å². The molecule has 0 saturated carbocycles. The van der Waals surface area contributed by atoms with Gasteiger partial charge in [-0.3, -0.25) is 0 Å². The van der Waals surface area contributed by atoms with Crippen LogP contribution in [-0.4, -0.2) is 10.2 Å². The summed E-state index contributed by atoms with van der Waals surface area (Å²) in [4.78, 5) is 0. The minimum absolute atomic E-state index is 0.102. The van der Waals surface area contributed by atoms with Gasteiger partial charge in [0.15, 0.2) is 0 Å². The number of hydrogen-bond donors (Lipinski definition) is 2. The average Bonchev–Trinajstić information content (AvgIpc) is 2.58. The molecule has 2 N–H and O–H groups in total. The van der Waals surface area contributed by atoms with Gasteiger partial charge in [0.1, 0.15) is 11.5 Å². The molecule has 0 heterocycles. The van der Waals surface area contributed by atoms with E-state index in [9.17, 15) is 10.2 Å². The second-order valence-corrected chi connectivity index (χ2v) is 8.87. The fourth-order valence-corrected chi connectivity index (χ4v) is 4.49.